The molecule has 0 atom stereocenters. The minimum absolute atomic E-state index is 0.0864. The number of nitrogens with zero attached hydrogens (tertiary/aromatic N) is 2. The maximum Gasteiger partial charge on any atom is 0.409 e. The van der Waals surface area contributed by atoms with Crippen LogP contribution in [-0.4, -0.2) is 33.1 Å². The van der Waals surface area contributed by atoms with Gasteiger partial charge in [0.25, 0.3) is 0 Å². The Bertz CT molecular complexity index is 1450. The Labute approximate surface area is 205 Å². The molecule has 180 valence electrons. The number of hydrogen-bond acceptors (Lipinski definition) is 5. The summed E-state index contributed by atoms with van der Waals surface area (Å²) in [6.45, 7) is 1.82. The number of aryl methyl sites for hydroxylation is 1. The molecular formula is C27H21FN4O4. The number of carbonyl (C=O) groups is 3. The summed E-state index contributed by atoms with van der Waals surface area (Å²) < 4.78 is 14.3. The third-order valence-electron chi connectivity index (χ3n) is 5.32. The van der Waals surface area contributed by atoms with Crippen molar-refractivity contribution in [3.05, 3.63) is 95.9 Å². The molecule has 1 heterocycles. The number of ketones is 1. The largest absolute Gasteiger partial charge is 0.465 e. The lowest BCUT2D eigenvalue weighted by Gasteiger charge is -2.13. The molecule has 4 rings (SSSR count). The molecule has 36 heavy (non-hydrogen) atoms. The van der Waals surface area contributed by atoms with Gasteiger partial charge in [-0.15, -0.1) is 0 Å². The quantitative estimate of drug-likeness (QED) is 0.233. The van der Waals surface area contributed by atoms with Gasteiger partial charge in [-0.05, 0) is 48.9 Å². The smallest absolute Gasteiger partial charge is 0.409 e. The van der Waals surface area contributed by atoms with E-state index in [1.54, 1.807) is 48.5 Å². The van der Waals surface area contributed by atoms with Crippen molar-refractivity contribution in [2.45, 2.75) is 13.3 Å². The van der Waals surface area contributed by atoms with Crippen molar-refractivity contribution >= 4 is 29.2 Å². The van der Waals surface area contributed by atoms with Gasteiger partial charge in [0.1, 0.15) is 5.82 Å². The average Bonchev–Trinajstić information content (AvgIpc) is 2.85. The maximum atomic E-state index is 14.3. The van der Waals surface area contributed by atoms with Gasteiger partial charge in [0.2, 0.25) is 5.91 Å². The predicted molar refractivity (Wildman–Crippen MR) is 133 cm³/mol. The lowest BCUT2D eigenvalue weighted by atomic mass is 10.0. The number of benzene rings is 3. The number of anilines is 2. The van der Waals surface area contributed by atoms with Crippen LogP contribution in [0.4, 0.5) is 20.6 Å². The molecule has 0 saturated carbocycles. The van der Waals surface area contributed by atoms with E-state index in [-0.39, 0.29) is 16.9 Å². The zero-order valence-corrected chi connectivity index (χ0v) is 19.2. The Hall–Kier alpha value is -4.92. The molecule has 0 aliphatic rings. The van der Waals surface area contributed by atoms with Crippen LogP contribution in [-0.2, 0) is 4.79 Å². The van der Waals surface area contributed by atoms with Crippen molar-refractivity contribution in [2.75, 3.05) is 10.6 Å². The topological polar surface area (TPSA) is 121 Å². The van der Waals surface area contributed by atoms with Crippen LogP contribution in [0.2, 0.25) is 0 Å². The Morgan fingerprint density at radius 1 is 0.833 bits per heavy atom. The highest BCUT2D eigenvalue weighted by atomic mass is 19.1. The van der Waals surface area contributed by atoms with Gasteiger partial charge in [0, 0.05) is 16.7 Å². The molecule has 1 aromatic heterocycles. The second-order valence-corrected chi connectivity index (χ2v) is 7.96. The van der Waals surface area contributed by atoms with E-state index in [2.05, 4.69) is 20.8 Å². The SMILES string of the molecule is Cc1ccc(-c2cccc(C(=O)CC(=O)Nc3cc(-c4ccccc4F)ccc3NC(=O)O)c2)nn1. The van der Waals surface area contributed by atoms with Crippen LogP contribution in [0, 0.1) is 12.7 Å². The zero-order chi connectivity index (χ0) is 25.7. The van der Waals surface area contributed by atoms with Crippen molar-refractivity contribution in [1.29, 1.82) is 0 Å². The van der Waals surface area contributed by atoms with Crippen LogP contribution in [0.25, 0.3) is 22.4 Å². The number of carbonyl (C=O) groups excluding carboxylic acids is 2. The van der Waals surface area contributed by atoms with Crippen LogP contribution in [0.1, 0.15) is 22.5 Å². The van der Waals surface area contributed by atoms with E-state index >= 15 is 0 Å². The van der Waals surface area contributed by atoms with Gasteiger partial charge in [-0.3, -0.25) is 14.9 Å². The van der Waals surface area contributed by atoms with E-state index < -0.39 is 30.0 Å². The summed E-state index contributed by atoms with van der Waals surface area (Å²) in [5.74, 6) is -1.56. The van der Waals surface area contributed by atoms with E-state index in [9.17, 15) is 18.8 Å². The molecule has 9 heteroatoms. The van der Waals surface area contributed by atoms with Gasteiger partial charge in [-0.1, -0.05) is 42.5 Å². The first-order valence-electron chi connectivity index (χ1n) is 10.9. The summed E-state index contributed by atoms with van der Waals surface area (Å²) in [7, 11) is 0. The number of nitrogens with one attached hydrogen (secondary N) is 2. The second kappa shape index (κ2) is 10.6. The number of aromatic nitrogens is 2. The van der Waals surface area contributed by atoms with Gasteiger partial charge in [-0.2, -0.15) is 10.2 Å². The molecule has 2 amide bonds. The van der Waals surface area contributed by atoms with Crippen molar-refractivity contribution in [3.63, 3.8) is 0 Å². The second-order valence-electron chi connectivity index (χ2n) is 7.96. The van der Waals surface area contributed by atoms with E-state index in [4.69, 9.17) is 5.11 Å². The Morgan fingerprint density at radius 3 is 2.36 bits per heavy atom. The minimum atomic E-state index is -1.34. The molecule has 3 N–H and O–H groups in total. The number of hydrogen-bond donors (Lipinski definition) is 3. The summed E-state index contributed by atoms with van der Waals surface area (Å²) in [6, 6.07) is 20.8. The fraction of sp³-hybridized carbons (Fsp3) is 0.0741. The third-order valence-corrected chi connectivity index (χ3v) is 5.32. The molecule has 8 nitrogen and oxygen atoms in total. The van der Waals surface area contributed by atoms with Crippen LogP contribution < -0.4 is 10.6 Å². The molecule has 3 aromatic carbocycles. The Kier molecular flexibility index (Phi) is 7.10. The summed E-state index contributed by atoms with van der Waals surface area (Å²) in [6.07, 6.45) is -1.82. The van der Waals surface area contributed by atoms with E-state index in [0.717, 1.165) is 5.69 Å². The van der Waals surface area contributed by atoms with Gasteiger partial charge in [0.05, 0.1) is 29.2 Å². The van der Waals surface area contributed by atoms with Crippen molar-refractivity contribution in [1.82, 2.24) is 10.2 Å². The molecular weight excluding hydrogens is 463 g/mol. The highest BCUT2D eigenvalue weighted by Crippen LogP contribution is 2.31. The molecule has 0 bridgehead atoms. The third kappa shape index (κ3) is 5.76. The lowest BCUT2D eigenvalue weighted by molar-refractivity contribution is -0.115. The predicted octanol–water partition coefficient (Wildman–Crippen LogP) is 5.56. The normalized spacial score (nSPS) is 10.5. The molecule has 0 unspecified atom stereocenters. The van der Waals surface area contributed by atoms with Crippen LogP contribution in [0.5, 0.6) is 0 Å². The number of carboxylic acid groups (broad SMARTS) is 1. The monoisotopic (exact) mass is 484 g/mol. The van der Waals surface area contributed by atoms with Gasteiger partial charge in [0.15, 0.2) is 5.78 Å². The standard InChI is InChI=1S/C27H21FN4O4/c1-16-9-11-22(32-31-16)18-5-4-6-19(13-18)25(33)15-26(34)29-24-14-17(10-12-23(24)30-27(35)36)20-7-2-3-8-21(20)28/h2-14,30H,15H2,1H3,(H,29,34)(H,35,36). The number of amides is 2. The Morgan fingerprint density at radius 2 is 1.64 bits per heavy atom. The molecule has 0 saturated heterocycles. The summed E-state index contributed by atoms with van der Waals surface area (Å²) in [4.78, 5) is 36.8. The fourth-order valence-corrected chi connectivity index (χ4v) is 3.58. The van der Waals surface area contributed by atoms with E-state index in [1.165, 1.54) is 24.3 Å². The summed E-state index contributed by atoms with van der Waals surface area (Å²) >= 11 is 0. The summed E-state index contributed by atoms with van der Waals surface area (Å²) in [5.41, 5.74) is 3.24. The lowest BCUT2D eigenvalue weighted by Crippen LogP contribution is -2.18. The van der Waals surface area contributed by atoms with Crippen LogP contribution >= 0.6 is 0 Å². The first-order chi connectivity index (χ1) is 17.3. The Balaban J connectivity index is 1.54. The molecule has 4 aromatic rings. The molecule has 0 aliphatic heterocycles. The molecule has 0 spiro atoms. The highest BCUT2D eigenvalue weighted by molar-refractivity contribution is 6.12. The fourth-order valence-electron chi connectivity index (χ4n) is 3.58. The number of rotatable bonds is 7. The maximum absolute atomic E-state index is 14.3. The first-order valence-corrected chi connectivity index (χ1v) is 10.9. The number of halogens is 1. The first kappa shape index (κ1) is 24.2. The van der Waals surface area contributed by atoms with Crippen molar-refractivity contribution in [3.8, 4) is 22.4 Å². The zero-order valence-electron chi connectivity index (χ0n) is 19.2. The van der Waals surface area contributed by atoms with Gasteiger partial charge >= 0.3 is 6.09 Å². The number of Topliss-reactive ketones (excluding diaryl/α,β-unsaturated/α-hetero) is 1. The summed E-state index contributed by atoms with van der Waals surface area (Å²) in [5, 5.41) is 22.0. The van der Waals surface area contributed by atoms with Gasteiger partial charge < -0.3 is 10.4 Å². The van der Waals surface area contributed by atoms with Crippen molar-refractivity contribution in [2.24, 2.45) is 0 Å². The molecule has 0 aliphatic carbocycles. The van der Waals surface area contributed by atoms with E-state index in [1.807, 2.05) is 13.0 Å². The highest BCUT2D eigenvalue weighted by Gasteiger charge is 2.17. The molecule has 0 radical (unpaired) electrons. The van der Waals surface area contributed by atoms with Crippen LogP contribution in [0.15, 0.2) is 78.9 Å². The van der Waals surface area contributed by atoms with Gasteiger partial charge in [-0.25, -0.2) is 9.18 Å². The average molecular weight is 484 g/mol. The van der Waals surface area contributed by atoms with Crippen LogP contribution in [0.3, 0.4) is 0 Å². The minimum Gasteiger partial charge on any atom is -0.465 e. The molecule has 0 fully saturated rings. The van der Waals surface area contributed by atoms with Crippen molar-refractivity contribution < 1.29 is 23.9 Å². The van der Waals surface area contributed by atoms with E-state index in [0.29, 0.717) is 22.4 Å².